The molecule has 1 aromatic carbocycles. The van der Waals surface area contributed by atoms with E-state index in [1.807, 2.05) is 13.1 Å². The summed E-state index contributed by atoms with van der Waals surface area (Å²) < 4.78 is 2.12. The molecule has 96 valence electrons. The van der Waals surface area contributed by atoms with Gasteiger partial charge in [-0.25, -0.2) is 4.98 Å². The summed E-state index contributed by atoms with van der Waals surface area (Å²) in [5.41, 5.74) is 2.81. The van der Waals surface area contributed by atoms with E-state index in [9.17, 15) is 0 Å². The monoisotopic (exact) mass is 243 g/mol. The normalized spacial score (nSPS) is 10.7. The summed E-state index contributed by atoms with van der Waals surface area (Å²) in [7, 11) is 4.17. The smallest absolute Gasteiger partial charge is 0.128 e. The highest BCUT2D eigenvalue weighted by Gasteiger charge is 2.09. The van der Waals surface area contributed by atoms with Gasteiger partial charge in [-0.2, -0.15) is 0 Å². The lowest BCUT2D eigenvalue weighted by Gasteiger charge is -2.21. The zero-order chi connectivity index (χ0) is 13.1. The largest absolute Gasteiger partial charge is 0.355 e. The molecular weight excluding hydrogens is 222 g/mol. The molecule has 0 amide bonds. The Morgan fingerprint density at radius 3 is 2.44 bits per heavy atom. The van der Waals surface area contributed by atoms with Gasteiger partial charge in [0.25, 0.3) is 0 Å². The summed E-state index contributed by atoms with van der Waals surface area (Å²) >= 11 is 0. The van der Waals surface area contributed by atoms with Crippen LogP contribution >= 0.6 is 0 Å². The predicted molar refractivity (Wildman–Crippen MR) is 75.9 cm³/mol. The van der Waals surface area contributed by atoms with Gasteiger partial charge in [0, 0.05) is 20.6 Å². The van der Waals surface area contributed by atoms with E-state index in [0.29, 0.717) is 0 Å². The summed E-state index contributed by atoms with van der Waals surface area (Å²) in [5, 5.41) is 0. The quantitative estimate of drug-likeness (QED) is 0.823. The highest BCUT2D eigenvalue weighted by atomic mass is 15.2. The minimum Gasteiger partial charge on any atom is -0.355 e. The molecule has 0 radical (unpaired) electrons. The minimum absolute atomic E-state index is 0.920. The number of aryl methyl sites for hydroxylation is 2. The van der Waals surface area contributed by atoms with Gasteiger partial charge in [0.1, 0.15) is 11.6 Å². The topological polar surface area (TPSA) is 21.1 Å². The number of hydrogen-bond donors (Lipinski definition) is 0. The molecule has 0 aliphatic rings. The fourth-order valence-electron chi connectivity index (χ4n) is 2.24. The molecule has 0 fully saturated rings. The van der Waals surface area contributed by atoms with Crippen molar-refractivity contribution in [3.8, 4) is 0 Å². The first-order valence-corrected chi connectivity index (χ1v) is 6.39. The van der Waals surface area contributed by atoms with E-state index in [4.69, 9.17) is 0 Å². The molecule has 0 N–H and O–H groups in total. The Kier molecular flexibility index (Phi) is 3.70. The van der Waals surface area contributed by atoms with E-state index in [1.165, 1.54) is 11.1 Å². The Labute approximate surface area is 109 Å². The fourth-order valence-corrected chi connectivity index (χ4v) is 2.24. The van der Waals surface area contributed by atoms with E-state index in [-0.39, 0.29) is 0 Å². The number of hydrogen-bond acceptors (Lipinski definition) is 2. The van der Waals surface area contributed by atoms with E-state index in [0.717, 1.165) is 24.6 Å². The first-order valence-electron chi connectivity index (χ1n) is 6.39. The lowest BCUT2D eigenvalue weighted by Crippen LogP contribution is -2.20. The molecule has 2 aromatic rings. The lowest BCUT2D eigenvalue weighted by molar-refractivity contribution is 0.794. The van der Waals surface area contributed by atoms with Gasteiger partial charge in [-0.05, 0) is 24.5 Å². The van der Waals surface area contributed by atoms with E-state index in [2.05, 4.69) is 59.7 Å². The Morgan fingerprint density at radius 1 is 1.22 bits per heavy atom. The standard InChI is InChI=1S/C15H21N3/c1-5-13-8-6-7-9-14(13)11-17(3)15-10-16-12(2)18(15)4/h6-10H,5,11H2,1-4H3. The maximum Gasteiger partial charge on any atom is 0.128 e. The van der Waals surface area contributed by atoms with Crippen LogP contribution in [0.4, 0.5) is 5.82 Å². The maximum atomic E-state index is 4.34. The molecule has 3 nitrogen and oxygen atoms in total. The first kappa shape index (κ1) is 12.7. The van der Waals surface area contributed by atoms with Gasteiger partial charge >= 0.3 is 0 Å². The lowest BCUT2D eigenvalue weighted by atomic mass is 10.1. The van der Waals surface area contributed by atoms with Crippen molar-refractivity contribution in [1.82, 2.24) is 9.55 Å². The third-order valence-corrected chi connectivity index (χ3v) is 3.49. The molecule has 0 saturated heterocycles. The van der Waals surface area contributed by atoms with Gasteiger partial charge in [0.05, 0.1) is 6.20 Å². The van der Waals surface area contributed by atoms with E-state index in [1.54, 1.807) is 0 Å². The number of benzene rings is 1. The van der Waals surface area contributed by atoms with Crippen LogP contribution in [0.2, 0.25) is 0 Å². The van der Waals surface area contributed by atoms with Crippen LogP contribution in [0.25, 0.3) is 0 Å². The molecule has 0 aliphatic carbocycles. The summed E-state index contributed by atoms with van der Waals surface area (Å²) in [6.45, 7) is 5.15. The van der Waals surface area contributed by atoms with Crippen molar-refractivity contribution in [1.29, 1.82) is 0 Å². The first-order chi connectivity index (χ1) is 8.63. The molecule has 1 heterocycles. The van der Waals surface area contributed by atoms with Crippen molar-refractivity contribution in [2.75, 3.05) is 11.9 Å². The second-order valence-corrected chi connectivity index (χ2v) is 4.70. The van der Waals surface area contributed by atoms with Crippen molar-refractivity contribution in [3.05, 3.63) is 47.4 Å². The summed E-state index contributed by atoms with van der Waals surface area (Å²) in [6, 6.07) is 8.63. The van der Waals surface area contributed by atoms with Crippen LogP contribution in [0, 0.1) is 6.92 Å². The Morgan fingerprint density at radius 2 is 1.89 bits per heavy atom. The third kappa shape index (κ3) is 2.40. The molecule has 18 heavy (non-hydrogen) atoms. The number of nitrogens with zero attached hydrogens (tertiary/aromatic N) is 3. The Bertz CT molecular complexity index is 528. The van der Waals surface area contributed by atoms with Crippen molar-refractivity contribution < 1.29 is 0 Å². The molecule has 0 saturated carbocycles. The molecule has 0 bridgehead atoms. The van der Waals surface area contributed by atoms with Gasteiger partial charge in [0.2, 0.25) is 0 Å². The average Bonchev–Trinajstić information content (AvgIpc) is 2.71. The van der Waals surface area contributed by atoms with Crippen LogP contribution in [0.3, 0.4) is 0 Å². The maximum absolute atomic E-state index is 4.34. The summed E-state index contributed by atoms with van der Waals surface area (Å²) in [4.78, 5) is 6.59. The zero-order valence-electron chi connectivity index (χ0n) is 11.6. The van der Waals surface area contributed by atoms with Crippen molar-refractivity contribution in [2.45, 2.75) is 26.8 Å². The summed E-state index contributed by atoms with van der Waals surface area (Å²) in [5.74, 6) is 2.19. The van der Waals surface area contributed by atoms with Gasteiger partial charge in [-0.3, -0.25) is 0 Å². The highest BCUT2D eigenvalue weighted by Crippen LogP contribution is 2.18. The molecule has 3 heteroatoms. The van der Waals surface area contributed by atoms with Gasteiger partial charge in [0.15, 0.2) is 0 Å². The second kappa shape index (κ2) is 5.25. The van der Waals surface area contributed by atoms with Gasteiger partial charge in [-0.15, -0.1) is 0 Å². The predicted octanol–water partition coefficient (Wildman–Crippen LogP) is 2.93. The average molecular weight is 243 g/mol. The van der Waals surface area contributed by atoms with Crippen molar-refractivity contribution >= 4 is 5.82 Å². The SMILES string of the molecule is CCc1ccccc1CN(C)c1cnc(C)n1C. The third-order valence-electron chi connectivity index (χ3n) is 3.49. The van der Waals surface area contributed by atoms with E-state index >= 15 is 0 Å². The van der Waals surface area contributed by atoms with Crippen LogP contribution in [-0.2, 0) is 20.0 Å². The molecule has 2 rings (SSSR count). The molecule has 0 spiro atoms. The molecule has 0 aliphatic heterocycles. The van der Waals surface area contributed by atoms with Crippen LogP contribution in [0.15, 0.2) is 30.5 Å². The summed E-state index contributed by atoms with van der Waals surface area (Å²) in [6.07, 6.45) is 3.01. The van der Waals surface area contributed by atoms with Crippen LogP contribution in [0.5, 0.6) is 0 Å². The number of anilines is 1. The van der Waals surface area contributed by atoms with Crippen molar-refractivity contribution in [3.63, 3.8) is 0 Å². The molecule has 0 unspecified atom stereocenters. The Balaban J connectivity index is 2.21. The highest BCUT2D eigenvalue weighted by molar-refractivity contribution is 5.40. The number of rotatable bonds is 4. The molecule has 0 atom stereocenters. The van der Waals surface area contributed by atoms with E-state index < -0.39 is 0 Å². The van der Waals surface area contributed by atoms with Crippen LogP contribution in [-0.4, -0.2) is 16.6 Å². The number of aromatic nitrogens is 2. The Hall–Kier alpha value is -1.77. The van der Waals surface area contributed by atoms with Crippen LogP contribution in [0.1, 0.15) is 23.9 Å². The van der Waals surface area contributed by atoms with Crippen LogP contribution < -0.4 is 4.90 Å². The van der Waals surface area contributed by atoms with Gasteiger partial charge < -0.3 is 9.47 Å². The van der Waals surface area contributed by atoms with Gasteiger partial charge in [-0.1, -0.05) is 31.2 Å². The second-order valence-electron chi connectivity index (χ2n) is 4.70. The molecule has 1 aromatic heterocycles. The minimum atomic E-state index is 0.920. The van der Waals surface area contributed by atoms with Crippen molar-refractivity contribution in [2.24, 2.45) is 7.05 Å². The zero-order valence-corrected chi connectivity index (χ0v) is 11.6. The number of imidazole rings is 1. The molecular formula is C15H21N3. The fraction of sp³-hybridized carbons (Fsp3) is 0.400.